The van der Waals surface area contributed by atoms with E-state index in [2.05, 4.69) is 25.6 Å². The van der Waals surface area contributed by atoms with Crippen molar-refractivity contribution >= 4 is 33.5 Å². The Morgan fingerprint density at radius 3 is 2.54 bits per heavy atom. The third kappa shape index (κ3) is 3.89. The minimum Gasteiger partial charge on any atom is -0.433 e. The van der Waals surface area contributed by atoms with E-state index in [1.807, 2.05) is 0 Å². The van der Waals surface area contributed by atoms with Crippen molar-refractivity contribution in [3.05, 3.63) is 22.7 Å². The lowest BCUT2D eigenvalue weighted by molar-refractivity contribution is -0.0517. The Hall–Kier alpha value is -2.38. The van der Waals surface area contributed by atoms with E-state index < -0.39 is 38.2 Å². The molecule has 0 bridgehead atoms. The summed E-state index contributed by atoms with van der Waals surface area (Å²) in [5.74, 6) is -1.56. The lowest BCUT2D eigenvalue weighted by atomic mass is 10.2. The number of aryl methyl sites for hydroxylation is 1. The van der Waals surface area contributed by atoms with E-state index >= 15 is 0 Å². The third-order valence-corrected chi connectivity index (χ3v) is 5.49. The zero-order valence-corrected chi connectivity index (χ0v) is 15.2. The van der Waals surface area contributed by atoms with E-state index in [4.69, 9.17) is 11.6 Å². The molecule has 0 saturated carbocycles. The highest BCUT2D eigenvalue weighted by molar-refractivity contribution is 7.89. The monoisotopic (exact) mass is 410 g/mol. The summed E-state index contributed by atoms with van der Waals surface area (Å²) in [5, 5.41) is 12.1. The largest absolute Gasteiger partial charge is 0.433 e. The highest BCUT2D eigenvalue weighted by atomic mass is 35.5. The molecule has 0 aliphatic rings. The molecule has 1 N–H and O–H groups in total. The van der Waals surface area contributed by atoms with Gasteiger partial charge in [0, 0.05) is 21.1 Å². The molecule has 0 unspecified atom stereocenters. The van der Waals surface area contributed by atoms with Crippen molar-refractivity contribution < 1.29 is 26.7 Å². The van der Waals surface area contributed by atoms with Crippen molar-refractivity contribution in [2.75, 3.05) is 19.4 Å². The summed E-state index contributed by atoms with van der Waals surface area (Å²) < 4.78 is 56.2. The number of benzene rings is 1. The SMILES string of the molecule is CN(C)S(=O)(=O)c1c(OC(F)F)ccc(C(=O)Nc2nnnn2C)c1Cl. The van der Waals surface area contributed by atoms with Crippen LogP contribution in [0.15, 0.2) is 17.0 Å². The van der Waals surface area contributed by atoms with Crippen LogP contribution in [0.25, 0.3) is 0 Å². The van der Waals surface area contributed by atoms with E-state index in [9.17, 15) is 22.0 Å². The minimum absolute atomic E-state index is 0.0315. The van der Waals surface area contributed by atoms with Gasteiger partial charge in [0.1, 0.15) is 10.6 Å². The Bertz CT molecular complexity index is 934. The molecule has 0 aliphatic carbocycles. The summed E-state index contributed by atoms with van der Waals surface area (Å²) in [4.78, 5) is 11.6. The first kappa shape index (κ1) is 19.9. The van der Waals surface area contributed by atoms with Gasteiger partial charge in [-0.3, -0.25) is 10.1 Å². The average molecular weight is 411 g/mol. The zero-order valence-electron chi connectivity index (χ0n) is 13.6. The molecule has 0 radical (unpaired) electrons. The second kappa shape index (κ2) is 7.47. The predicted molar refractivity (Wildman–Crippen MR) is 85.7 cm³/mol. The van der Waals surface area contributed by atoms with Crippen LogP contribution in [-0.2, 0) is 17.1 Å². The summed E-state index contributed by atoms with van der Waals surface area (Å²) in [5.41, 5.74) is -0.295. The van der Waals surface area contributed by atoms with E-state index in [0.717, 1.165) is 21.1 Å². The first-order valence-corrected chi connectivity index (χ1v) is 8.61. The summed E-state index contributed by atoms with van der Waals surface area (Å²) in [6.45, 7) is -3.29. The van der Waals surface area contributed by atoms with Crippen LogP contribution in [0, 0.1) is 0 Å². The maximum Gasteiger partial charge on any atom is 0.387 e. The standard InChI is InChI=1S/C12H13ClF2N6O4S/c1-20(2)26(23,24)9-7(25-11(14)15)5-4-6(8(9)13)10(22)16-12-17-18-19-21(12)3/h4-5,11H,1-3H3,(H,16,17,19,22). The summed E-state index contributed by atoms with van der Waals surface area (Å²) >= 11 is 6.05. The number of carbonyl (C=O) groups excluding carboxylic acids is 1. The van der Waals surface area contributed by atoms with Gasteiger partial charge in [-0.15, -0.1) is 0 Å². The lowest BCUT2D eigenvalue weighted by Crippen LogP contribution is -2.25. The van der Waals surface area contributed by atoms with Gasteiger partial charge in [0.15, 0.2) is 0 Å². The second-order valence-corrected chi connectivity index (χ2v) is 7.47. The van der Waals surface area contributed by atoms with Gasteiger partial charge >= 0.3 is 6.61 Å². The first-order chi connectivity index (χ1) is 12.1. The molecule has 1 aromatic carbocycles. The molecule has 0 spiro atoms. The van der Waals surface area contributed by atoms with Crippen LogP contribution >= 0.6 is 11.6 Å². The molecule has 26 heavy (non-hydrogen) atoms. The topological polar surface area (TPSA) is 119 Å². The molecule has 10 nitrogen and oxygen atoms in total. The minimum atomic E-state index is -4.29. The van der Waals surface area contributed by atoms with Gasteiger partial charge in [-0.1, -0.05) is 16.7 Å². The van der Waals surface area contributed by atoms with E-state index in [1.54, 1.807) is 0 Å². The molecule has 0 aliphatic heterocycles. The number of nitrogens with zero attached hydrogens (tertiary/aromatic N) is 5. The number of rotatable bonds is 6. The van der Waals surface area contributed by atoms with Crippen LogP contribution in [-0.4, -0.2) is 59.5 Å². The van der Waals surface area contributed by atoms with Gasteiger partial charge in [-0.05, 0) is 22.6 Å². The third-order valence-electron chi connectivity index (χ3n) is 3.11. The molecule has 1 aromatic heterocycles. The first-order valence-electron chi connectivity index (χ1n) is 6.79. The number of ether oxygens (including phenoxy) is 1. The number of nitrogens with one attached hydrogen (secondary N) is 1. The van der Waals surface area contributed by atoms with Crippen molar-refractivity contribution in [1.29, 1.82) is 0 Å². The highest BCUT2D eigenvalue weighted by Gasteiger charge is 2.30. The smallest absolute Gasteiger partial charge is 0.387 e. The molecule has 0 fully saturated rings. The van der Waals surface area contributed by atoms with Crippen molar-refractivity contribution in [2.24, 2.45) is 7.05 Å². The molecule has 1 amide bonds. The van der Waals surface area contributed by atoms with Crippen LogP contribution in [0.5, 0.6) is 5.75 Å². The van der Waals surface area contributed by atoms with Crippen LogP contribution in [0.1, 0.15) is 10.4 Å². The Kier molecular flexibility index (Phi) is 5.73. The van der Waals surface area contributed by atoms with Gasteiger partial charge in [-0.25, -0.2) is 17.4 Å². The second-order valence-electron chi connectivity index (χ2n) is 5.00. The van der Waals surface area contributed by atoms with Crippen LogP contribution in [0.4, 0.5) is 14.7 Å². The molecule has 2 aromatic rings. The summed E-state index contributed by atoms with van der Waals surface area (Å²) in [6, 6.07) is 1.96. The van der Waals surface area contributed by atoms with E-state index in [-0.39, 0.29) is 11.5 Å². The normalized spacial score (nSPS) is 11.8. The highest BCUT2D eigenvalue weighted by Crippen LogP contribution is 2.36. The number of halogens is 3. The quantitative estimate of drug-likeness (QED) is 0.753. The number of hydrogen-bond acceptors (Lipinski definition) is 7. The predicted octanol–water partition coefficient (Wildman–Crippen LogP) is 0.967. The number of tetrazole rings is 1. The summed E-state index contributed by atoms with van der Waals surface area (Å²) in [6.07, 6.45) is 0. The number of carbonyl (C=O) groups is 1. The van der Waals surface area contributed by atoms with Crippen molar-refractivity contribution in [2.45, 2.75) is 11.5 Å². The Balaban J connectivity index is 2.56. The maximum atomic E-state index is 12.6. The van der Waals surface area contributed by atoms with Gasteiger partial charge in [0.05, 0.1) is 10.6 Å². The Labute approximate surface area is 151 Å². The summed E-state index contributed by atoms with van der Waals surface area (Å²) in [7, 11) is -0.483. The fourth-order valence-electron chi connectivity index (χ4n) is 1.83. The van der Waals surface area contributed by atoms with E-state index in [1.165, 1.54) is 21.1 Å². The maximum absolute atomic E-state index is 12.6. The molecule has 142 valence electrons. The van der Waals surface area contributed by atoms with Gasteiger partial charge in [-0.2, -0.15) is 8.78 Å². The molecule has 1 heterocycles. The Morgan fingerprint density at radius 2 is 2.04 bits per heavy atom. The van der Waals surface area contributed by atoms with Crippen LogP contribution in [0.2, 0.25) is 5.02 Å². The van der Waals surface area contributed by atoms with Crippen LogP contribution in [0.3, 0.4) is 0 Å². The Morgan fingerprint density at radius 1 is 1.38 bits per heavy atom. The fraction of sp³-hybridized carbons (Fsp3) is 0.333. The zero-order chi connectivity index (χ0) is 19.6. The van der Waals surface area contributed by atoms with Crippen molar-refractivity contribution in [3.63, 3.8) is 0 Å². The van der Waals surface area contributed by atoms with Crippen molar-refractivity contribution in [1.82, 2.24) is 24.5 Å². The lowest BCUT2D eigenvalue weighted by Gasteiger charge is -2.18. The number of anilines is 1. The molecule has 2 rings (SSSR count). The number of aromatic nitrogens is 4. The fourth-order valence-corrected chi connectivity index (χ4v) is 3.44. The molecular weight excluding hydrogens is 398 g/mol. The van der Waals surface area contributed by atoms with Gasteiger partial charge in [0.2, 0.25) is 16.0 Å². The van der Waals surface area contributed by atoms with E-state index in [0.29, 0.717) is 0 Å². The average Bonchev–Trinajstić information content (AvgIpc) is 2.91. The van der Waals surface area contributed by atoms with Gasteiger partial charge < -0.3 is 4.74 Å². The molecular formula is C12H13ClF2N6O4S. The van der Waals surface area contributed by atoms with Gasteiger partial charge in [0.25, 0.3) is 5.91 Å². The molecule has 0 atom stereocenters. The number of hydrogen-bond donors (Lipinski definition) is 1. The molecule has 0 saturated heterocycles. The van der Waals surface area contributed by atoms with Crippen molar-refractivity contribution in [3.8, 4) is 5.75 Å². The van der Waals surface area contributed by atoms with Crippen LogP contribution < -0.4 is 10.1 Å². The number of alkyl halides is 2. The number of sulfonamides is 1. The molecule has 14 heteroatoms. The number of amides is 1.